The van der Waals surface area contributed by atoms with Gasteiger partial charge in [0.15, 0.2) is 11.4 Å². The molecule has 4 rings (SSSR count). The van der Waals surface area contributed by atoms with Gasteiger partial charge in [-0.15, -0.1) is 0 Å². The number of carbonyl (C=O) groups excluding carboxylic acids is 3. The second-order valence-corrected chi connectivity index (χ2v) is 8.62. The summed E-state index contributed by atoms with van der Waals surface area (Å²) in [6.07, 6.45) is -1.84. The van der Waals surface area contributed by atoms with Crippen molar-refractivity contribution in [3.8, 4) is 5.69 Å². The number of amides is 1. The van der Waals surface area contributed by atoms with E-state index in [2.05, 4.69) is 5.32 Å². The van der Waals surface area contributed by atoms with E-state index in [4.69, 9.17) is 9.47 Å². The number of nitrogens with one attached hydrogen (secondary N) is 1. The first kappa shape index (κ1) is 25.6. The summed E-state index contributed by atoms with van der Waals surface area (Å²) in [5.41, 5.74) is -3.89. The third-order valence-corrected chi connectivity index (χ3v) is 5.63. The van der Waals surface area contributed by atoms with Crippen molar-refractivity contribution in [3.63, 3.8) is 0 Å². The molecular formula is C25H18F4N2O6. The number of ketones is 1. The maximum atomic E-state index is 14.7. The summed E-state index contributed by atoms with van der Waals surface area (Å²) in [6.45, 7) is 2.74. The Morgan fingerprint density at radius 3 is 2.24 bits per heavy atom. The molecule has 1 amide bonds. The van der Waals surface area contributed by atoms with Gasteiger partial charge in [-0.3, -0.25) is 19.0 Å². The van der Waals surface area contributed by atoms with Gasteiger partial charge in [0.05, 0.1) is 0 Å². The predicted octanol–water partition coefficient (Wildman–Crippen LogP) is 3.75. The molecule has 192 valence electrons. The fourth-order valence-corrected chi connectivity index (χ4v) is 3.83. The Kier molecular flexibility index (Phi) is 6.59. The normalized spacial score (nSPS) is 17.0. The van der Waals surface area contributed by atoms with E-state index in [-0.39, 0.29) is 5.56 Å². The number of hydrogen-bond donors (Lipinski definition) is 1. The van der Waals surface area contributed by atoms with Gasteiger partial charge in [-0.2, -0.15) is 0 Å². The van der Waals surface area contributed by atoms with Crippen LogP contribution in [0.2, 0.25) is 0 Å². The number of aromatic nitrogens is 1. The SMILES string of the molecule is CC1(C)OC(=O)O[C@@H]1C(=O)NC(C(=O)c1ccc(=O)n(-c2c(F)cccc2F)c1)c1ccc(F)cc1F. The zero-order valence-corrected chi connectivity index (χ0v) is 19.3. The van der Waals surface area contributed by atoms with E-state index in [1.807, 2.05) is 0 Å². The number of hydrogen-bond acceptors (Lipinski definition) is 6. The number of ether oxygens (including phenoxy) is 2. The molecule has 0 aliphatic carbocycles. The highest BCUT2D eigenvalue weighted by Gasteiger charge is 2.49. The molecule has 8 nitrogen and oxygen atoms in total. The van der Waals surface area contributed by atoms with Gasteiger partial charge >= 0.3 is 6.16 Å². The summed E-state index contributed by atoms with van der Waals surface area (Å²) in [5.74, 6) is -6.38. The lowest BCUT2D eigenvalue weighted by molar-refractivity contribution is -0.132. The van der Waals surface area contributed by atoms with Crippen molar-refractivity contribution < 1.29 is 41.4 Å². The number of para-hydroxylation sites is 1. The van der Waals surface area contributed by atoms with Crippen molar-refractivity contribution in [3.05, 3.63) is 99.5 Å². The van der Waals surface area contributed by atoms with Crippen molar-refractivity contribution in [2.24, 2.45) is 0 Å². The zero-order chi connectivity index (χ0) is 27.1. The largest absolute Gasteiger partial charge is 0.509 e. The molecule has 1 saturated heterocycles. The summed E-state index contributed by atoms with van der Waals surface area (Å²) in [4.78, 5) is 50.4. The quantitative estimate of drug-likeness (QED) is 0.303. The standard InChI is InChI=1S/C25H18F4N2O6/c1-25(2)22(36-24(35)37-25)23(34)30-19(14-8-7-13(26)10-17(14)29)21(33)12-6-9-18(32)31(11-12)20-15(27)4-3-5-16(20)28/h3-11,19,22H,1-2H3,(H,30,34)/t19?,22-/m1/s1. The monoisotopic (exact) mass is 518 g/mol. The highest BCUT2D eigenvalue weighted by atomic mass is 19.1. The van der Waals surface area contributed by atoms with E-state index < -0.39 is 75.7 Å². The van der Waals surface area contributed by atoms with Crippen molar-refractivity contribution in [2.75, 3.05) is 0 Å². The second-order valence-electron chi connectivity index (χ2n) is 8.62. The number of benzene rings is 2. The number of rotatable bonds is 6. The molecule has 1 aromatic heterocycles. The van der Waals surface area contributed by atoms with E-state index in [0.29, 0.717) is 10.6 Å². The number of cyclic esters (lactones) is 2. The van der Waals surface area contributed by atoms with Crippen molar-refractivity contribution >= 4 is 17.8 Å². The lowest BCUT2D eigenvalue weighted by atomic mass is 9.95. The van der Waals surface area contributed by atoms with Crippen LogP contribution >= 0.6 is 0 Å². The Balaban J connectivity index is 1.78. The number of halogens is 4. The molecule has 2 heterocycles. The average Bonchev–Trinajstić information content (AvgIpc) is 3.10. The Bertz CT molecular complexity index is 1470. The van der Waals surface area contributed by atoms with Gasteiger partial charge < -0.3 is 14.8 Å². The molecule has 0 bridgehead atoms. The van der Waals surface area contributed by atoms with Crippen LogP contribution < -0.4 is 10.9 Å². The second kappa shape index (κ2) is 9.52. The van der Waals surface area contributed by atoms with Crippen LogP contribution in [0.4, 0.5) is 22.4 Å². The third kappa shape index (κ3) is 4.95. The van der Waals surface area contributed by atoms with Crippen molar-refractivity contribution in [1.29, 1.82) is 0 Å². The van der Waals surface area contributed by atoms with Gasteiger partial charge in [-0.25, -0.2) is 22.4 Å². The van der Waals surface area contributed by atoms with Crippen LogP contribution in [0.5, 0.6) is 0 Å². The van der Waals surface area contributed by atoms with Crippen LogP contribution in [0, 0.1) is 23.3 Å². The first-order valence-corrected chi connectivity index (χ1v) is 10.8. The summed E-state index contributed by atoms with van der Waals surface area (Å²) < 4.78 is 67.3. The van der Waals surface area contributed by atoms with Crippen LogP contribution in [0.25, 0.3) is 5.69 Å². The lowest BCUT2D eigenvalue weighted by Gasteiger charge is -2.24. The number of carbonyl (C=O) groups is 3. The van der Waals surface area contributed by atoms with Crippen LogP contribution in [0.3, 0.4) is 0 Å². The molecule has 1 aliphatic rings. The Hall–Kier alpha value is -4.48. The first-order chi connectivity index (χ1) is 17.4. The van der Waals surface area contributed by atoms with Crippen LogP contribution in [-0.4, -0.2) is 34.1 Å². The minimum Gasteiger partial charge on any atom is -0.424 e. The highest BCUT2D eigenvalue weighted by molar-refractivity contribution is 6.03. The van der Waals surface area contributed by atoms with Gasteiger partial charge in [0.25, 0.3) is 11.5 Å². The van der Waals surface area contributed by atoms with Gasteiger partial charge in [0, 0.05) is 29.5 Å². The number of Topliss-reactive ketones (excluding diaryl/α,β-unsaturated/α-hetero) is 1. The predicted molar refractivity (Wildman–Crippen MR) is 119 cm³/mol. The van der Waals surface area contributed by atoms with Crippen LogP contribution in [-0.2, 0) is 14.3 Å². The molecule has 37 heavy (non-hydrogen) atoms. The molecule has 0 radical (unpaired) electrons. The van der Waals surface area contributed by atoms with E-state index in [1.165, 1.54) is 13.8 Å². The van der Waals surface area contributed by atoms with Crippen LogP contribution in [0.1, 0.15) is 35.8 Å². The zero-order valence-electron chi connectivity index (χ0n) is 19.3. The third-order valence-electron chi connectivity index (χ3n) is 5.63. The van der Waals surface area contributed by atoms with Gasteiger partial charge in [-0.1, -0.05) is 12.1 Å². The van der Waals surface area contributed by atoms with Crippen molar-refractivity contribution in [2.45, 2.75) is 31.6 Å². The minimum atomic E-state index is -1.82. The van der Waals surface area contributed by atoms with E-state index in [9.17, 15) is 36.7 Å². The Morgan fingerprint density at radius 2 is 1.65 bits per heavy atom. The van der Waals surface area contributed by atoms with Gasteiger partial charge in [0.1, 0.15) is 35.0 Å². The molecule has 1 N–H and O–H groups in total. The highest BCUT2D eigenvalue weighted by Crippen LogP contribution is 2.29. The molecule has 1 unspecified atom stereocenters. The first-order valence-electron chi connectivity index (χ1n) is 10.8. The Labute approximate surface area is 206 Å². The molecule has 0 spiro atoms. The van der Waals surface area contributed by atoms with Gasteiger partial charge in [-0.05, 0) is 38.1 Å². The number of nitrogens with zero attached hydrogens (tertiary/aromatic N) is 1. The molecule has 2 aromatic carbocycles. The number of pyridine rings is 1. The maximum absolute atomic E-state index is 14.7. The van der Waals surface area contributed by atoms with Crippen LogP contribution in [0.15, 0.2) is 59.5 Å². The molecule has 12 heteroatoms. The summed E-state index contributed by atoms with van der Waals surface area (Å²) in [7, 11) is 0. The summed E-state index contributed by atoms with van der Waals surface area (Å²) in [6, 6.07) is 5.20. The van der Waals surface area contributed by atoms with E-state index in [0.717, 1.165) is 48.7 Å². The topological polar surface area (TPSA) is 104 Å². The maximum Gasteiger partial charge on any atom is 0.509 e. The molecule has 1 fully saturated rings. The van der Waals surface area contributed by atoms with Crippen molar-refractivity contribution in [1.82, 2.24) is 9.88 Å². The average molecular weight is 518 g/mol. The lowest BCUT2D eigenvalue weighted by Crippen LogP contribution is -2.48. The molecule has 3 aromatic rings. The molecule has 0 saturated carbocycles. The molecule has 2 atom stereocenters. The Morgan fingerprint density at radius 1 is 0.973 bits per heavy atom. The minimum absolute atomic E-state index is 0.352. The van der Waals surface area contributed by atoms with Gasteiger partial charge in [0.2, 0.25) is 6.10 Å². The smallest absolute Gasteiger partial charge is 0.424 e. The van der Waals surface area contributed by atoms with E-state index >= 15 is 0 Å². The fraction of sp³-hybridized carbons (Fsp3) is 0.200. The molecular weight excluding hydrogens is 500 g/mol. The molecule has 1 aliphatic heterocycles. The summed E-state index contributed by atoms with van der Waals surface area (Å²) >= 11 is 0. The summed E-state index contributed by atoms with van der Waals surface area (Å²) in [5, 5.41) is 2.26. The fourth-order valence-electron chi connectivity index (χ4n) is 3.83. The van der Waals surface area contributed by atoms with E-state index in [1.54, 1.807) is 0 Å².